The summed E-state index contributed by atoms with van der Waals surface area (Å²) >= 11 is 0. The van der Waals surface area contributed by atoms with E-state index in [0.717, 1.165) is 12.8 Å². The van der Waals surface area contributed by atoms with Crippen molar-refractivity contribution in [3.8, 4) is 11.5 Å². The van der Waals surface area contributed by atoms with Gasteiger partial charge < -0.3 is 9.26 Å². The molecule has 0 unspecified atom stereocenters. The van der Waals surface area contributed by atoms with Crippen molar-refractivity contribution >= 4 is 5.97 Å². The topological polar surface area (TPSA) is 65.2 Å². The minimum Gasteiger partial charge on any atom is -0.462 e. The van der Waals surface area contributed by atoms with E-state index in [4.69, 9.17) is 9.26 Å². The zero-order valence-electron chi connectivity index (χ0n) is 10.6. The van der Waals surface area contributed by atoms with Crippen molar-refractivity contribution in [1.82, 2.24) is 10.1 Å². The number of rotatable bonds is 4. The lowest BCUT2D eigenvalue weighted by molar-refractivity contribution is 0.0486. The highest BCUT2D eigenvalue weighted by Crippen LogP contribution is 2.29. The highest BCUT2D eigenvalue weighted by molar-refractivity contribution is 5.96. The fourth-order valence-electron chi connectivity index (χ4n) is 1.81. The number of carbonyl (C=O) groups is 1. The Morgan fingerprint density at radius 2 is 2.21 bits per heavy atom. The molecule has 19 heavy (non-hydrogen) atoms. The van der Waals surface area contributed by atoms with Gasteiger partial charge in [0.05, 0.1) is 17.7 Å². The minimum atomic E-state index is -0.335. The Bertz CT molecular complexity index is 602. The van der Waals surface area contributed by atoms with Gasteiger partial charge in [0, 0.05) is 0 Å². The molecule has 0 atom stereocenters. The quantitative estimate of drug-likeness (QED) is 0.789. The largest absolute Gasteiger partial charge is 0.462 e. The van der Waals surface area contributed by atoms with Crippen molar-refractivity contribution in [2.75, 3.05) is 6.61 Å². The van der Waals surface area contributed by atoms with Crippen LogP contribution in [0.5, 0.6) is 0 Å². The van der Waals surface area contributed by atoms with Gasteiger partial charge in [-0.3, -0.25) is 0 Å². The summed E-state index contributed by atoms with van der Waals surface area (Å²) in [5.41, 5.74) is 1.08. The van der Waals surface area contributed by atoms with Crippen molar-refractivity contribution in [3.05, 3.63) is 35.7 Å². The van der Waals surface area contributed by atoms with Gasteiger partial charge in [-0.25, -0.2) is 4.79 Å². The SMILES string of the molecule is Cc1noc(-c2ccccc2C(=O)OCC2CC2)n1. The second kappa shape index (κ2) is 4.84. The van der Waals surface area contributed by atoms with Crippen LogP contribution in [0.1, 0.15) is 29.0 Å². The molecule has 1 aliphatic carbocycles. The summed E-state index contributed by atoms with van der Waals surface area (Å²) in [5, 5.41) is 3.74. The monoisotopic (exact) mass is 258 g/mol. The number of aromatic nitrogens is 2. The third kappa shape index (κ3) is 2.65. The van der Waals surface area contributed by atoms with Crippen molar-refractivity contribution < 1.29 is 14.1 Å². The van der Waals surface area contributed by atoms with Crippen LogP contribution in [0.4, 0.5) is 0 Å². The molecule has 0 bridgehead atoms. The molecule has 0 spiro atoms. The molecule has 5 heteroatoms. The first kappa shape index (κ1) is 11.9. The number of carbonyl (C=O) groups excluding carboxylic acids is 1. The molecule has 1 fully saturated rings. The molecule has 1 saturated carbocycles. The number of benzene rings is 1. The van der Waals surface area contributed by atoms with E-state index >= 15 is 0 Å². The Kier molecular flexibility index (Phi) is 3.03. The van der Waals surface area contributed by atoms with E-state index in [0.29, 0.717) is 35.4 Å². The smallest absolute Gasteiger partial charge is 0.338 e. The molecule has 1 aromatic heterocycles. The van der Waals surface area contributed by atoms with Gasteiger partial charge in [-0.1, -0.05) is 17.3 Å². The van der Waals surface area contributed by atoms with Crippen LogP contribution < -0.4 is 0 Å². The fraction of sp³-hybridized carbons (Fsp3) is 0.357. The molecule has 1 aliphatic rings. The fourth-order valence-corrected chi connectivity index (χ4v) is 1.81. The van der Waals surface area contributed by atoms with Gasteiger partial charge in [0.1, 0.15) is 0 Å². The van der Waals surface area contributed by atoms with E-state index in [2.05, 4.69) is 10.1 Å². The third-order valence-electron chi connectivity index (χ3n) is 3.05. The summed E-state index contributed by atoms with van der Waals surface area (Å²) in [5.74, 6) is 1.09. The van der Waals surface area contributed by atoms with E-state index in [9.17, 15) is 4.79 Å². The van der Waals surface area contributed by atoms with E-state index in [1.807, 2.05) is 6.07 Å². The average Bonchev–Trinajstić information content (AvgIpc) is 3.16. The van der Waals surface area contributed by atoms with Crippen LogP contribution >= 0.6 is 0 Å². The molecule has 0 N–H and O–H groups in total. The average molecular weight is 258 g/mol. The number of hydrogen-bond acceptors (Lipinski definition) is 5. The Balaban J connectivity index is 1.85. The lowest BCUT2D eigenvalue weighted by Gasteiger charge is -2.06. The number of ether oxygens (including phenoxy) is 1. The number of nitrogens with zero attached hydrogens (tertiary/aromatic N) is 2. The first-order valence-corrected chi connectivity index (χ1v) is 6.31. The van der Waals surface area contributed by atoms with Gasteiger partial charge in [-0.2, -0.15) is 4.98 Å². The molecule has 5 nitrogen and oxygen atoms in total. The Labute approximate surface area is 110 Å². The number of hydrogen-bond donors (Lipinski definition) is 0. The lowest BCUT2D eigenvalue weighted by atomic mass is 10.1. The first-order chi connectivity index (χ1) is 9.24. The predicted octanol–water partition coefficient (Wildman–Crippen LogP) is 2.61. The molecule has 98 valence electrons. The summed E-state index contributed by atoms with van der Waals surface area (Å²) in [6.45, 7) is 2.23. The number of aryl methyl sites for hydroxylation is 1. The molecule has 1 heterocycles. The van der Waals surface area contributed by atoms with Gasteiger partial charge in [0.25, 0.3) is 5.89 Å². The second-order valence-electron chi connectivity index (χ2n) is 4.73. The minimum absolute atomic E-state index is 0.335. The molecule has 0 aliphatic heterocycles. The molecule has 0 radical (unpaired) electrons. The molecule has 3 rings (SSSR count). The summed E-state index contributed by atoms with van der Waals surface area (Å²) in [4.78, 5) is 16.2. The highest BCUT2D eigenvalue weighted by atomic mass is 16.5. The Hall–Kier alpha value is -2.17. The maximum atomic E-state index is 12.1. The van der Waals surface area contributed by atoms with E-state index in [1.165, 1.54) is 0 Å². The van der Waals surface area contributed by atoms with Gasteiger partial charge in [-0.05, 0) is 37.8 Å². The third-order valence-corrected chi connectivity index (χ3v) is 3.05. The molecular formula is C14H14N2O3. The van der Waals surface area contributed by atoms with E-state index in [1.54, 1.807) is 25.1 Å². The van der Waals surface area contributed by atoms with Gasteiger partial charge in [0.15, 0.2) is 5.82 Å². The van der Waals surface area contributed by atoms with Crippen LogP contribution in [0, 0.1) is 12.8 Å². The van der Waals surface area contributed by atoms with Crippen molar-refractivity contribution in [2.24, 2.45) is 5.92 Å². The van der Waals surface area contributed by atoms with Crippen molar-refractivity contribution in [2.45, 2.75) is 19.8 Å². The van der Waals surface area contributed by atoms with Crippen LogP contribution in [0.25, 0.3) is 11.5 Å². The van der Waals surface area contributed by atoms with Gasteiger partial charge >= 0.3 is 5.97 Å². The maximum Gasteiger partial charge on any atom is 0.338 e. The Morgan fingerprint density at radius 1 is 1.42 bits per heavy atom. The standard InChI is InChI=1S/C14H14N2O3/c1-9-15-13(19-16-9)11-4-2-3-5-12(11)14(17)18-8-10-6-7-10/h2-5,10H,6-8H2,1H3. The molecule has 0 saturated heterocycles. The second-order valence-corrected chi connectivity index (χ2v) is 4.73. The van der Waals surface area contributed by atoms with Crippen LogP contribution in [-0.2, 0) is 4.74 Å². The number of esters is 1. The zero-order chi connectivity index (χ0) is 13.2. The first-order valence-electron chi connectivity index (χ1n) is 6.31. The summed E-state index contributed by atoms with van der Waals surface area (Å²) in [6, 6.07) is 7.11. The van der Waals surface area contributed by atoms with Crippen LogP contribution in [0.2, 0.25) is 0 Å². The molecular weight excluding hydrogens is 244 g/mol. The molecule has 0 amide bonds. The van der Waals surface area contributed by atoms with Gasteiger partial charge in [-0.15, -0.1) is 0 Å². The molecule has 1 aromatic carbocycles. The van der Waals surface area contributed by atoms with Crippen molar-refractivity contribution in [3.63, 3.8) is 0 Å². The van der Waals surface area contributed by atoms with Crippen LogP contribution in [-0.4, -0.2) is 22.7 Å². The Morgan fingerprint density at radius 3 is 2.89 bits per heavy atom. The summed E-state index contributed by atoms with van der Waals surface area (Å²) < 4.78 is 10.4. The van der Waals surface area contributed by atoms with Gasteiger partial charge in [0.2, 0.25) is 0 Å². The van der Waals surface area contributed by atoms with E-state index in [-0.39, 0.29) is 5.97 Å². The van der Waals surface area contributed by atoms with E-state index < -0.39 is 0 Å². The summed E-state index contributed by atoms with van der Waals surface area (Å²) in [6.07, 6.45) is 2.30. The zero-order valence-corrected chi connectivity index (χ0v) is 10.6. The molecule has 2 aromatic rings. The maximum absolute atomic E-state index is 12.1. The highest BCUT2D eigenvalue weighted by Gasteiger charge is 2.24. The normalized spacial score (nSPS) is 14.4. The van der Waals surface area contributed by atoms with Crippen molar-refractivity contribution in [1.29, 1.82) is 0 Å². The predicted molar refractivity (Wildman–Crippen MR) is 67.5 cm³/mol. The lowest BCUT2D eigenvalue weighted by Crippen LogP contribution is -2.09. The van der Waals surface area contributed by atoms with Crippen LogP contribution in [0.3, 0.4) is 0 Å². The van der Waals surface area contributed by atoms with Crippen LogP contribution in [0.15, 0.2) is 28.8 Å². The summed E-state index contributed by atoms with van der Waals surface area (Å²) in [7, 11) is 0.